The molecule has 178 valence electrons. The smallest absolute Gasteiger partial charge is 0.254 e. The van der Waals surface area contributed by atoms with Crippen LogP contribution in [-0.2, 0) is 16.6 Å². The number of rotatable bonds is 6. The molecule has 35 heavy (non-hydrogen) atoms. The molecule has 0 saturated carbocycles. The quantitative estimate of drug-likeness (QED) is 0.432. The molecule has 0 spiro atoms. The van der Waals surface area contributed by atoms with Gasteiger partial charge in [0, 0.05) is 54.6 Å². The SMILES string of the molecule is COCCN1C(=O)c2ccccc2[C@H](C(=O)Nc2ccccc2C)[C@H]1c1cn(C)c2ccccc12. The van der Waals surface area contributed by atoms with Crippen LogP contribution >= 0.6 is 0 Å². The maximum Gasteiger partial charge on any atom is 0.254 e. The zero-order valence-electron chi connectivity index (χ0n) is 20.2. The van der Waals surface area contributed by atoms with Crippen molar-refractivity contribution in [2.45, 2.75) is 18.9 Å². The van der Waals surface area contributed by atoms with Crippen LogP contribution in [-0.4, -0.2) is 41.5 Å². The number of ether oxygens (including phenoxy) is 1. The van der Waals surface area contributed by atoms with Gasteiger partial charge in [0.25, 0.3) is 5.91 Å². The summed E-state index contributed by atoms with van der Waals surface area (Å²) in [5.41, 5.74) is 5.07. The summed E-state index contributed by atoms with van der Waals surface area (Å²) in [5.74, 6) is -0.818. The van der Waals surface area contributed by atoms with Gasteiger partial charge >= 0.3 is 0 Å². The minimum absolute atomic E-state index is 0.0875. The summed E-state index contributed by atoms with van der Waals surface area (Å²) in [6.07, 6.45) is 2.05. The molecule has 0 fully saturated rings. The Morgan fingerprint density at radius 1 is 0.971 bits per heavy atom. The lowest BCUT2D eigenvalue weighted by Crippen LogP contribution is -2.47. The fourth-order valence-corrected chi connectivity index (χ4v) is 5.19. The summed E-state index contributed by atoms with van der Waals surface area (Å²) >= 11 is 0. The highest BCUT2D eigenvalue weighted by Gasteiger charge is 2.45. The van der Waals surface area contributed by atoms with Gasteiger partial charge in [0.1, 0.15) is 0 Å². The van der Waals surface area contributed by atoms with Crippen molar-refractivity contribution in [3.8, 4) is 0 Å². The van der Waals surface area contributed by atoms with Crippen LogP contribution in [0.3, 0.4) is 0 Å². The van der Waals surface area contributed by atoms with Crippen LogP contribution in [0, 0.1) is 6.92 Å². The van der Waals surface area contributed by atoms with Crippen molar-refractivity contribution in [1.82, 2.24) is 9.47 Å². The number of nitrogens with zero attached hydrogens (tertiary/aromatic N) is 2. The summed E-state index contributed by atoms with van der Waals surface area (Å²) in [6, 6.07) is 22.8. The number of aryl methyl sites for hydroxylation is 2. The Bertz CT molecular complexity index is 1410. The molecular weight excluding hydrogens is 438 g/mol. The van der Waals surface area contributed by atoms with E-state index in [0.29, 0.717) is 18.7 Å². The van der Waals surface area contributed by atoms with Crippen LogP contribution in [0.25, 0.3) is 10.9 Å². The van der Waals surface area contributed by atoms with E-state index in [4.69, 9.17) is 4.74 Å². The number of hydrogen-bond acceptors (Lipinski definition) is 3. The minimum atomic E-state index is -0.592. The Kier molecular flexibility index (Phi) is 6.14. The van der Waals surface area contributed by atoms with Crippen LogP contribution < -0.4 is 5.32 Å². The molecule has 1 aromatic heterocycles. The Balaban J connectivity index is 1.71. The van der Waals surface area contributed by atoms with Crippen molar-refractivity contribution in [1.29, 1.82) is 0 Å². The van der Waals surface area contributed by atoms with Gasteiger partial charge in [-0.05, 0) is 36.2 Å². The average molecular weight is 468 g/mol. The number of anilines is 1. The number of nitrogens with one attached hydrogen (secondary N) is 1. The van der Waals surface area contributed by atoms with Crippen LogP contribution in [0.5, 0.6) is 0 Å². The Labute approximate surface area is 205 Å². The minimum Gasteiger partial charge on any atom is -0.383 e. The van der Waals surface area contributed by atoms with Crippen molar-refractivity contribution >= 4 is 28.4 Å². The molecule has 6 heteroatoms. The first kappa shape index (κ1) is 22.9. The molecule has 0 saturated heterocycles. The molecule has 1 N–H and O–H groups in total. The van der Waals surface area contributed by atoms with Crippen LogP contribution in [0.4, 0.5) is 5.69 Å². The summed E-state index contributed by atoms with van der Waals surface area (Å²) in [7, 11) is 3.62. The van der Waals surface area contributed by atoms with Crippen molar-refractivity contribution < 1.29 is 14.3 Å². The molecule has 0 unspecified atom stereocenters. The van der Waals surface area contributed by atoms with Gasteiger partial charge in [-0.1, -0.05) is 54.6 Å². The summed E-state index contributed by atoms with van der Waals surface area (Å²) in [4.78, 5) is 29.6. The normalized spacial score (nSPS) is 17.5. The highest BCUT2D eigenvalue weighted by atomic mass is 16.5. The van der Waals surface area contributed by atoms with E-state index < -0.39 is 12.0 Å². The number of aromatic nitrogens is 1. The van der Waals surface area contributed by atoms with Gasteiger partial charge in [0.05, 0.1) is 18.6 Å². The first-order valence-corrected chi connectivity index (χ1v) is 11.8. The fourth-order valence-electron chi connectivity index (χ4n) is 5.19. The molecule has 1 aliphatic rings. The maximum absolute atomic E-state index is 14.0. The molecular formula is C29H29N3O3. The van der Waals surface area contributed by atoms with E-state index in [2.05, 4.69) is 22.0 Å². The van der Waals surface area contributed by atoms with Crippen molar-refractivity contribution in [3.63, 3.8) is 0 Å². The van der Waals surface area contributed by atoms with E-state index in [1.54, 1.807) is 12.0 Å². The largest absolute Gasteiger partial charge is 0.383 e. The van der Waals surface area contributed by atoms with Crippen LogP contribution in [0.2, 0.25) is 0 Å². The molecule has 3 aromatic carbocycles. The predicted molar refractivity (Wildman–Crippen MR) is 138 cm³/mol. The molecule has 0 bridgehead atoms. The zero-order chi connectivity index (χ0) is 24.5. The number of hydrogen-bond donors (Lipinski definition) is 1. The molecule has 2 heterocycles. The lowest BCUT2D eigenvalue weighted by Gasteiger charge is -2.41. The molecule has 4 aromatic rings. The number of amides is 2. The Morgan fingerprint density at radius 2 is 1.69 bits per heavy atom. The third-order valence-corrected chi connectivity index (χ3v) is 6.91. The number of benzene rings is 3. The van der Waals surface area contributed by atoms with Gasteiger partial charge in [0.2, 0.25) is 5.91 Å². The Hall–Kier alpha value is -3.90. The molecule has 6 nitrogen and oxygen atoms in total. The van der Waals surface area contributed by atoms with E-state index in [1.807, 2.05) is 80.8 Å². The predicted octanol–water partition coefficient (Wildman–Crippen LogP) is 5.05. The van der Waals surface area contributed by atoms with E-state index >= 15 is 0 Å². The third kappa shape index (κ3) is 4.00. The fraction of sp³-hybridized carbons (Fsp3) is 0.241. The molecule has 2 atom stereocenters. The van der Waals surface area contributed by atoms with Gasteiger partial charge in [-0.15, -0.1) is 0 Å². The molecule has 0 aliphatic carbocycles. The van der Waals surface area contributed by atoms with Crippen LogP contribution in [0.15, 0.2) is 79.0 Å². The van der Waals surface area contributed by atoms with E-state index in [0.717, 1.165) is 33.3 Å². The second-order valence-corrected chi connectivity index (χ2v) is 9.02. The molecule has 5 rings (SSSR count). The van der Waals surface area contributed by atoms with Crippen molar-refractivity contribution in [2.75, 3.05) is 25.6 Å². The lowest BCUT2D eigenvalue weighted by molar-refractivity contribution is -0.119. The topological polar surface area (TPSA) is 63.6 Å². The Morgan fingerprint density at radius 3 is 2.49 bits per heavy atom. The first-order valence-electron chi connectivity index (χ1n) is 11.8. The third-order valence-electron chi connectivity index (χ3n) is 6.91. The van der Waals surface area contributed by atoms with Crippen molar-refractivity contribution in [3.05, 3.63) is 101 Å². The lowest BCUT2D eigenvalue weighted by atomic mass is 9.79. The van der Waals surface area contributed by atoms with Gasteiger partial charge < -0.3 is 19.5 Å². The average Bonchev–Trinajstić information content (AvgIpc) is 3.21. The monoisotopic (exact) mass is 467 g/mol. The van der Waals surface area contributed by atoms with E-state index in [1.165, 1.54) is 0 Å². The van der Waals surface area contributed by atoms with Crippen molar-refractivity contribution in [2.24, 2.45) is 7.05 Å². The second-order valence-electron chi connectivity index (χ2n) is 9.02. The number of carbonyl (C=O) groups is 2. The zero-order valence-corrected chi connectivity index (χ0v) is 20.2. The van der Waals surface area contributed by atoms with Gasteiger partial charge in [-0.3, -0.25) is 9.59 Å². The molecule has 2 amide bonds. The summed E-state index contributed by atoms with van der Waals surface area (Å²) < 4.78 is 7.42. The van der Waals surface area contributed by atoms with Gasteiger partial charge in [0.15, 0.2) is 0 Å². The number of para-hydroxylation sites is 2. The van der Waals surface area contributed by atoms with E-state index in [-0.39, 0.29) is 11.8 Å². The number of fused-ring (bicyclic) bond motifs is 2. The number of carbonyl (C=O) groups excluding carboxylic acids is 2. The van der Waals surface area contributed by atoms with E-state index in [9.17, 15) is 9.59 Å². The first-order chi connectivity index (χ1) is 17.0. The number of methoxy groups -OCH3 is 1. The summed E-state index contributed by atoms with van der Waals surface area (Å²) in [6.45, 7) is 2.73. The highest BCUT2D eigenvalue weighted by Crippen LogP contribution is 2.45. The van der Waals surface area contributed by atoms with Gasteiger partial charge in [-0.2, -0.15) is 0 Å². The maximum atomic E-state index is 14.0. The van der Waals surface area contributed by atoms with Gasteiger partial charge in [-0.25, -0.2) is 0 Å². The summed E-state index contributed by atoms with van der Waals surface area (Å²) in [5, 5.41) is 4.18. The molecule has 0 radical (unpaired) electrons. The van der Waals surface area contributed by atoms with Crippen LogP contribution in [0.1, 0.15) is 39.0 Å². The second kappa shape index (κ2) is 9.39. The highest BCUT2D eigenvalue weighted by molar-refractivity contribution is 6.05. The molecule has 1 aliphatic heterocycles. The standard InChI is InChI=1S/C29H29N3O3/c1-19-10-4-8-14-24(19)30-28(33)26-21-12-5-6-13-22(21)29(34)32(16-17-35-3)27(26)23-18-31(2)25-15-9-7-11-20(23)25/h4-15,18,26-27H,16-17H2,1-3H3,(H,30,33)/t26-,27+/m0/s1.